The molecule has 0 saturated carbocycles. The molecule has 7 nitrogen and oxygen atoms in total. The van der Waals surface area contributed by atoms with Crippen LogP contribution in [0.4, 0.5) is 5.69 Å². The minimum Gasteiger partial charge on any atom is -0.492 e. The molecule has 10 heteroatoms. The molecule has 0 aliphatic carbocycles. The van der Waals surface area contributed by atoms with Crippen molar-refractivity contribution < 1.29 is 9.53 Å². The molecule has 3 N–H and O–H groups in total. The summed E-state index contributed by atoms with van der Waals surface area (Å²) in [5.41, 5.74) is 8.30. The zero-order chi connectivity index (χ0) is 19.6. The number of hydrogen-bond donors (Lipinski definition) is 2. The minimum absolute atomic E-state index is 0.217. The number of amides is 1. The summed E-state index contributed by atoms with van der Waals surface area (Å²) in [6.07, 6.45) is 0. The highest BCUT2D eigenvalue weighted by Crippen LogP contribution is 2.30. The van der Waals surface area contributed by atoms with Crippen LogP contribution in [0.25, 0.3) is 0 Å². The fraction of sp³-hybridized carbons (Fsp3) is 0.353. The first-order valence-electron chi connectivity index (χ1n) is 8.24. The molecule has 27 heavy (non-hydrogen) atoms. The molecule has 1 aliphatic rings. The summed E-state index contributed by atoms with van der Waals surface area (Å²) in [6.45, 7) is 3.18. The summed E-state index contributed by atoms with van der Waals surface area (Å²) >= 11 is 11.0. The van der Waals surface area contributed by atoms with E-state index in [2.05, 4.69) is 31.3 Å². The lowest BCUT2D eigenvalue weighted by Gasteiger charge is -2.14. The molecule has 144 valence electrons. The van der Waals surface area contributed by atoms with Gasteiger partial charge in [0.1, 0.15) is 17.2 Å². The van der Waals surface area contributed by atoms with Gasteiger partial charge in [-0.1, -0.05) is 0 Å². The minimum atomic E-state index is -0.263. The molecule has 2 heterocycles. The third-order valence-corrected chi connectivity index (χ3v) is 5.82. The number of hydrogen-bond acceptors (Lipinski definition) is 7. The van der Waals surface area contributed by atoms with Crippen LogP contribution >= 0.6 is 38.9 Å². The molecule has 2 aromatic rings. The number of hydrazone groups is 1. The molecule has 3 rings (SSSR count). The van der Waals surface area contributed by atoms with E-state index in [9.17, 15) is 4.79 Å². The summed E-state index contributed by atoms with van der Waals surface area (Å²) < 4.78 is 6.41. The average Bonchev–Trinajstić information content (AvgIpc) is 3.13. The molecule has 0 radical (unpaired) electrons. The van der Waals surface area contributed by atoms with Crippen LogP contribution in [-0.2, 0) is 0 Å². The Kier molecular flexibility index (Phi) is 6.36. The highest BCUT2D eigenvalue weighted by atomic mass is 79.9. The fourth-order valence-corrected chi connectivity index (χ4v) is 4.49. The Morgan fingerprint density at radius 3 is 2.93 bits per heavy atom. The number of nitrogens with one attached hydrogen (secondary N) is 1. The van der Waals surface area contributed by atoms with Gasteiger partial charge in [-0.15, -0.1) is 22.9 Å². The van der Waals surface area contributed by atoms with E-state index in [1.807, 2.05) is 13.1 Å². The monoisotopic (exact) mass is 471 g/mol. The van der Waals surface area contributed by atoms with Crippen LogP contribution in [0.3, 0.4) is 0 Å². The van der Waals surface area contributed by atoms with E-state index in [0.29, 0.717) is 51.3 Å². The maximum Gasteiger partial charge on any atom is 0.267 e. The Bertz CT molecular complexity index is 888. The molecule has 1 aromatic heterocycles. The summed E-state index contributed by atoms with van der Waals surface area (Å²) in [5, 5.41) is 8.91. The Hall–Kier alpha value is -1.68. The number of thiazole rings is 1. The van der Waals surface area contributed by atoms with Crippen molar-refractivity contribution in [3.05, 3.63) is 38.3 Å². The van der Waals surface area contributed by atoms with Crippen molar-refractivity contribution >= 4 is 56.2 Å². The number of rotatable bonds is 6. The maximum atomic E-state index is 12.6. The molecule has 1 atom stereocenters. The quantitative estimate of drug-likeness (QED) is 0.630. The van der Waals surface area contributed by atoms with Gasteiger partial charge in [-0.3, -0.25) is 9.80 Å². The van der Waals surface area contributed by atoms with Crippen molar-refractivity contribution in [1.29, 1.82) is 0 Å². The Balaban J connectivity index is 1.91. The summed E-state index contributed by atoms with van der Waals surface area (Å²) in [6, 6.07) is 5.39. The topological polar surface area (TPSA) is 92.8 Å². The van der Waals surface area contributed by atoms with E-state index >= 15 is 0 Å². The Morgan fingerprint density at radius 2 is 2.33 bits per heavy atom. The molecule has 1 aliphatic heterocycles. The number of ether oxygens (including phenoxy) is 1. The van der Waals surface area contributed by atoms with Gasteiger partial charge < -0.3 is 15.8 Å². The third-order valence-electron chi connectivity index (χ3n) is 3.87. The smallest absolute Gasteiger partial charge is 0.267 e. The van der Waals surface area contributed by atoms with E-state index in [4.69, 9.17) is 22.1 Å². The number of halogens is 2. The SMILES string of the molecule is Cc1nc(Br)sc1C(=O)Nc1ccc(OCCN)c(C2=NN(C)CC2Cl)c1. The lowest BCUT2D eigenvalue weighted by atomic mass is 10.1. The van der Waals surface area contributed by atoms with Crippen LogP contribution in [0.2, 0.25) is 0 Å². The summed E-state index contributed by atoms with van der Waals surface area (Å²) in [7, 11) is 1.86. The van der Waals surface area contributed by atoms with Crippen molar-refractivity contribution in [2.75, 3.05) is 32.1 Å². The number of nitrogens with zero attached hydrogens (tertiary/aromatic N) is 3. The maximum absolute atomic E-state index is 12.6. The number of aryl methyl sites for hydroxylation is 1. The number of anilines is 1. The van der Waals surface area contributed by atoms with Gasteiger partial charge in [-0.2, -0.15) is 5.10 Å². The van der Waals surface area contributed by atoms with Gasteiger partial charge in [0.2, 0.25) is 0 Å². The molecule has 1 unspecified atom stereocenters. The van der Waals surface area contributed by atoms with Gasteiger partial charge in [-0.05, 0) is 41.1 Å². The van der Waals surface area contributed by atoms with Crippen molar-refractivity contribution in [1.82, 2.24) is 9.99 Å². The van der Waals surface area contributed by atoms with Gasteiger partial charge in [-0.25, -0.2) is 4.98 Å². The Labute approximate surface area is 174 Å². The average molecular weight is 473 g/mol. The molecule has 0 spiro atoms. The van der Waals surface area contributed by atoms with Gasteiger partial charge >= 0.3 is 0 Å². The first-order chi connectivity index (χ1) is 12.9. The van der Waals surface area contributed by atoms with Crippen LogP contribution in [-0.4, -0.2) is 53.7 Å². The molecule has 1 aromatic carbocycles. The number of carbonyl (C=O) groups excluding carboxylic acids is 1. The molecule has 0 saturated heterocycles. The first kappa shape index (κ1) is 20.1. The number of nitrogens with two attached hydrogens (primary N) is 1. The van der Waals surface area contributed by atoms with E-state index in [1.165, 1.54) is 11.3 Å². The van der Waals surface area contributed by atoms with E-state index in [1.54, 1.807) is 24.1 Å². The van der Waals surface area contributed by atoms with Gasteiger partial charge in [0.15, 0.2) is 3.92 Å². The number of aromatic nitrogens is 1. The predicted molar refractivity (Wildman–Crippen MR) is 112 cm³/mol. The predicted octanol–water partition coefficient (Wildman–Crippen LogP) is 3.06. The highest BCUT2D eigenvalue weighted by molar-refractivity contribution is 9.11. The highest BCUT2D eigenvalue weighted by Gasteiger charge is 2.27. The third kappa shape index (κ3) is 4.60. The molecular weight excluding hydrogens is 454 g/mol. The van der Waals surface area contributed by atoms with Crippen LogP contribution in [0.1, 0.15) is 20.9 Å². The van der Waals surface area contributed by atoms with Crippen LogP contribution in [0.15, 0.2) is 27.2 Å². The largest absolute Gasteiger partial charge is 0.492 e. The second kappa shape index (κ2) is 8.55. The van der Waals surface area contributed by atoms with E-state index < -0.39 is 0 Å². The lowest BCUT2D eigenvalue weighted by Crippen LogP contribution is -2.19. The van der Waals surface area contributed by atoms with Crippen molar-refractivity contribution in [2.24, 2.45) is 10.8 Å². The fourth-order valence-electron chi connectivity index (χ4n) is 2.69. The van der Waals surface area contributed by atoms with Crippen LogP contribution in [0, 0.1) is 6.92 Å². The number of benzene rings is 1. The Morgan fingerprint density at radius 1 is 1.56 bits per heavy atom. The summed E-state index contributed by atoms with van der Waals surface area (Å²) in [4.78, 5) is 17.4. The lowest BCUT2D eigenvalue weighted by molar-refractivity contribution is 0.103. The molecule has 0 bridgehead atoms. The van der Waals surface area contributed by atoms with Gasteiger partial charge in [0.25, 0.3) is 5.91 Å². The molecular formula is C17H19BrClN5O2S. The second-order valence-corrected chi connectivity index (χ2v) is 8.78. The molecule has 1 amide bonds. The van der Waals surface area contributed by atoms with E-state index in [-0.39, 0.29) is 11.3 Å². The van der Waals surface area contributed by atoms with Gasteiger partial charge in [0, 0.05) is 24.8 Å². The van der Waals surface area contributed by atoms with Crippen LogP contribution < -0.4 is 15.8 Å². The van der Waals surface area contributed by atoms with Crippen molar-refractivity contribution in [3.8, 4) is 5.75 Å². The number of alkyl halides is 1. The standard InChI is InChI=1S/C17H19BrClN5O2S/c1-9-15(27-17(18)21-9)16(25)22-10-3-4-13(26-6-5-20)11(7-10)14-12(19)8-24(2)23-14/h3-4,7,12H,5-6,8,20H2,1-2H3,(H,22,25). The van der Waals surface area contributed by atoms with Crippen molar-refractivity contribution in [2.45, 2.75) is 12.3 Å². The first-order valence-corrected chi connectivity index (χ1v) is 10.3. The van der Waals surface area contributed by atoms with E-state index in [0.717, 1.165) is 5.56 Å². The van der Waals surface area contributed by atoms with Crippen molar-refractivity contribution in [3.63, 3.8) is 0 Å². The summed E-state index contributed by atoms with van der Waals surface area (Å²) in [5.74, 6) is 0.417. The van der Waals surface area contributed by atoms with Crippen LogP contribution in [0.5, 0.6) is 5.75 Å². The zero-order valence-corrected chi connectivity index (χ0v) is 18.0. The zero-order valence-electron chi connectivity index (χ0n) is 14.8. The molecule has 0 fully saturated rings. The second-order valence-electron chi connectivity index (χ2n) is 5.98. The normalized spacial score (nSPS) is 16.4. The number of carbonyl (C=O) groups is 1. The van der Waals surface area contributed by atoms with Gasteiger partial charge in [0.05, 0.1) is 23.3 Å².